The lowest BCUT2D eigenvalue weighted by Crippen LogP contribution is -2.19. The number of rotatable bonds is 11. The first-order valence-electron chi connectivity index (χ1n) is 10.2. The van der Waals surface area contributed by atoms with Gasteiger partial charge in [0.25, 0.3) is 0 Å². The second kappa shape index (κ2) is 10.4. The lowest BCUT2D eigenvalue weighted by Gasteiger charge is -2.21. The molecule has 9 nitrogen and oxygen atoms in total. The summed E-state index contributed by atoms with van der Waals surface area (Å²) < 4.78 is 18.2. The molecule has 0 saturated carbocycles. The largest absolute Gasteiger partial charge is 0.463 e. The van der Waals surface area contributed by atoms with Crippen LogP contribution in [0, 0.1) is 5.92 Å². The van der Waals surface area contributed by atoms with Gasteiger partial charge in [-0.15, -0.1) is 0 Å². The van der Waals surface area contributed by atoms with Gasteiger partial charge in [0, 0.05) is 33.0 Å². The topological polar surface area (TPSA) is 117 Å². The van der Waals surface area contributed by atoms with Crippen LogP contribution in [-0.4, -0.2) is 52.6 Å². The predicted molar refractivity (Wildman–Crippen MR) is 107 cm³/mol. The summed E-state index contributed by atoms with van der Waals surface area (Å²) in [6, 6.07) is 0.207. The Morgan fingerprint density at radius 3 is 2.82 bits per heavy atom. The van der Waals surface area contributed by atoms with Crippen molar-refractivity contribution in [2.75, 3.05) is 38.8 Å². The van der Waals surface area contributed by atoms with E-state index in [-0.39, 0.29) is 17.5 Å². The molecule has 1 aliphatic heterocycles. The second-order valence-electron chi connectivity index (χ2n) is 7.18. The Morgan fingerprint density at radius 2 is 2.04 bits per heavy atom. The Labute approximate surface area is 164 Å². The van der Waals surface area contributed by atoms with Gasteiger partial charge in [-0.3, -0.25) is 4.57 Å². The van der Waals surface area contributed by atoms with Gasteiger partial charge in [0.1, 0.15) is 5.52 Å². The highest BCUT2D eigenvalue weighted by atomic mass is 16.5. The molecule has 0 atom stereocenters. The summed E-state index contributed by atoms with van der Waals surface area (Å²) in [5, 5.41) is 0. The third-order valence-corrected chi connectivity index (χ3v) is 5.04. The minimum Gasteiger partial charge on any atom is -0.463 e. The van der Waals surface area contributed by atoms with Crippen LogP contribution in [0.4, 0.5) is 5.82 Å². The third-order valence-electron chi connectivity index (χ3n) is 5.04. The van der Waals surface area contributed by atoms with Crippen LogP contribution < -0.4 is 16.2 Å². The molecule has 0 amide bonds. The lowest BCUT2D eigenvalue weighted by molar-refractivity contribution is 0.0468. The number of fused-ring (bicyclic) bond motifs is 1. The predicted octanol–water partition coefficient (Wildman–Crippen LogP) is 2.10. The van der Waals surface area contributed by atoms with E-state index < -0.39 is 0 Å². The highest BCUT2D eigenvalue weighted by Crippen LogP contribution is 2.19. The van der Waals surface area contributed by atoms with Crippen LogP contribution in [-0.2, 0) is 16.0 Å². The average Bonchev–Trinajstić information content (AvgIpc) is 3.02. The fourth-order valence-corrected chi connectivity index (χ4v) is 3.32. The molecule has 28 heavy (non-hydrogen) atoms. The average molecular weight is 393 g/mol. The molecule has 9 heteroatoms. The van der Waals surface area contributed by atoms with Gasteiger partial charge in [-0.25, -0.2) is 4.79 Å². The zero-order chi connectivity index (χ0) is 19.8. The maximum Gasteiger partial charge on any atom is 0.327 e. The molecule has 2 aromatic heterocycles. The van der Waals surface area contributed by atoms with Gasteiger partial charge in [-0.1, -0.05) is 13.3 Å². The van der Waals surface area contributed by atoms with E-state index in [1.807, 2.05) is 0 Å². The summed E-state index contributed by atoms with van der Waals surface area (Å²) in [4.78, 5) is 23.5. The Hall–Kier alpha value is -2.13. The van der Waals surface area contributed by atoms with Crippen LogP contribution in [0.15, 0.2) is 4.79 Å². The van der Waals surface area contributed by atoms with Crippen molar-refractivity contribution >= 4 is 17.0 Å². The van der Waals surface area contributed by atoms with E-state index in [2.05, 4.69) is 21.9 Å². The van der Waals surface area contributed by atoms with E-state index in [0.717, 1.165) is 58.3 Å². The van der Waals surface area contributed by atoms with Crippen molar-refractivity contribution in [3.05, 3.63) is 10.5 Å². The summed E-state index contributed by atoms with van der Waals surface area (Å²) in [7, 11) is 0. The highest BCUT2D eigenvalue weighted by Gasteiger charge is 2.15. The molecule has 3 heterocycles. The fourth-order valence-electron chi connectivity index (χ4n) is 3.32. The van der Waals surface area contributed by atoms with E-state index >= 15 is 0 Å². The summed E-state index contributed by atoms with van der Waals surface area (Å²) in [6.45, 7) is 6.18. The number of nitrogen functional groups attached to an aromatic ring is 1. The number of nitrogens with one attached hydrogen (secondary N) is 1. The van der Waals surface area contributed by atoms with Gasteiger partial charge in [0.05, 0.1) is 6.61 Å². The van der Waals surface area contributed by atoms with Gasteiger partial charge >= 0.3 is 11.7 Å². The molecule has 3 rings (SSSR count). The van der Waals surface area contributed by atoms with Crippen LogP contribution in [0.25, 0.3) is 11.2 Å². The van der Waals surface area contributed by atoms with Crippen molar-refractivity contribution in [3.8, 4) is 6.01 Å². The molecule has 0 aromatic carbocycles. The number of imidazole rings is 1. The number of aromatic nitrogens is 4. The monoisotopic (exact) mass is 393 g/mol. The Bertz CT molecular complexity index is 797. The lowest BCUT2D eigenvalue weighted by atomic mass is 9.97. The minimum absolute atomic E-state index is 0.207. The van der Waals surface area contributed by atoms with Crippen molar-refractivity contribution < 1.29 is 14.2 Å². The molecule has 0 unspecified atom stereocenters. The number of hydrogen-bond acceptors (Lipinski definition) is 7. The van der Waals surface area contributed by atoms with Crippen molar-refractivity contribution in [3.63, 3.8) is 0 Å². The van der Waals surface area contributed by atoms with Gasteiger partial charge < -0.3 is 24.9 Å². The fraction of sp³-hybridized carbons (Fsp3) is 0.737. The Morgan fingerprint density at radius 1 is 1.21 bits per heavy atom. The number of hydrogen-bond donors (Lipinski definition) is 2. The maximum absolute atomic E-state index is 12.3. The van der Waals surface area contributed by atoms with Crippen molar-refractivity contribution in [1.29, 1.82) is 0 Å². The Kier molecular flexibility index (Phi) is 7.67. The number of H-pyrrole nitrogens is 1. The molecule has 0 spiro atoms. The zero-order valence-corrected chi connectivity index (χ0v) is 16.6. The minimum atomic E-state index is -0.246. The summed E-state index contributed by atoms with van der Waals surface area (Å²) in [5.74, 6) is 0.927. The molecule has 3 N–H and O–H groups in total. The molecule has 2 aromatic rings. The normalized spacial score (nSPS) is 15.3. The number of aryl methyl sites for hydroxylation is 1. The maximum atomic E-state index is 12.3. The van der Waals surface area contributed by atoms with E-state index in [1.165, 1.54) is 0 Å². The molecule has 156 valence electrons. The second-order valence-corrected chi connectivity index (χ2v) is 7.18. The Balaban J connectivity index is 1.51. The molecule has 1 fully saturated rings. The molecule has 0 aliphatic carbocycles. The number of unbranched alkanes of at least 4 members (excludes halogenated alkanes) is 1. The van der Waals surface area contributed by atoms with Crippen LogP contribution in [0.1, 0.15) is 45.4 Å². The van der Waals surface area contributed by atoms with Crippen LogP contribution in [0.2, 0.25) is 0 Å². The van der Waals surface area contributed by atoms with Gasteiger partial charge in [0.2, 0.25) is 0 Å². The van der Waals surface area contributed by atoms with Crippen molar-refractivity contribution in [1.82, 2.24) is 19.5 Å². The van der Waals surface area contributed by atoms with Gasteiger partial charge in [-0.2, -0.15) is 9.97 Å². The third kappa shape index (κ3) is 5.45. The molecular formula is C19H31N5O4. The van der Waals surface area contributed by atoms with Crippen LogP contribution >= 0.6 is 0 Å². The summed E-state index contributed by atoms with van der Waals surface area (Å²) >= 11 is 0. The number of aromatic amines is 1. The smallest absolute Gasteiger partial charge is 0.327 e. The zero-order valence-electron chi connectivity index (χ0n) is 16.6. The SMILES string of the molecule is CCCCOc1nc(N)c2[nH]c(=O)n(CCCOCCC3CCOCC3)c2n1. The quantitative estimate of drug-likeness (QED) is 0.561. The van der Waals surface area contributed by atoms with Gasteiger partial charge in [-0.05, 0) is 38.0 Å². The van der Waals surface area contributed by atoms with E-state index in [9.17, 15) is 4.79 Å². The molecule has 0 radical (unpaired) electrons. The molecule has 1 saturated heterocycles. The van der Waals surface area contributed by atoms with Crippen molar-refractivity contribution in [2.45, 2.75) is 52.0 Å². The van der Waals surface area contributed by atoms with Gasteiger partial charge in [0.15, 0.2) is 11.5 Å². The first-order chi connectivity index (χ1) is 13.7. The van der Waals surface area contributed by atoms with Crippen LogP contribution in [0.3, 0.4) is 0 Å². The number of anilines is 1. The first kappa shape index (κ1) is 20.6. The molecule has 1 aliphatic rings. The molecular weight excluding hydrogens is 362 g/mol. The number of nitrogens with zero attached hydrogens (tertiary/aromatic N) is 3. The van der Waals surface area contributed by atoms with Crippen LogP contribution in [0.5, 0.6) is 6.01 Å². The number of nitrogens with two attached hydrogens (primary N) is 1. The summed E-state index contributed by atoms with van der Waals surface area (Å²) in [6.07, 6.45) is 5.96. The summed E-state index contributed by atoms with van der Waals surface area (Å²) in [5.41, 5.74) is 6.64. The standard InChI is InChI=1S/C19H31N5O4/c1-2-3-10-28-18-22-16(20)15-17(23-18)24(19(25)21-15)8-4-9-26-11-5-14-6-12-27-13-7-14/h14H,2-13H2,1H3,(H,21,25)(H2,20,22,23). The highest BCUT2D eigenvalue weighted by molar-refractivity contribution is 5.81. The van der Waals surface area contributed by atoms with E-state index in [0.29, 0.717) is 36.8 Å². The van der Waals surface area contributed by atoms with Crippen molar-refractivity contribution in [2.24, 2.45) is 5.92 Å². The number of ether oxygens (including phenoxy) is 3. The van der Waals surface area contributed by atoms with E-state index in [1.54, 1.807) is 4.57 Å². The van der Waals surface area contributed by atoms with E-state index in [4.69, 9.17) is 19.9 Å². The molecule has 0 bridgehead atoms. The first-order valence-corrected chi connectivity index (χ1v) is 10.2.